The first-order valence-corrected chi connectivity index (χ1v) is 12.8. The summed E-state index contributed by atoms with van der Waals surface area (Å²) >= 11 is 1.83. The normalized spacial score (nSPS) is 16.3. The molecule has 36 heavy (non-hydrogen) atoms. The van der Waals surface area contributed by atoms with E-state index in [-0.39, 0.29) is 6.04 Å². The van der Waals surface area contributed by atoms with Crippen LogP contribution < -0.4 is 11.1 Å². The van der Waals surface area contributed by atoms with Crippen molar-refractivity contribution in [1.82, 2.24) is 5.32 Å². The second-order valence-corrected chi connectivity index (χ2v) is 9.77. The van der Waals surface area contributed by atoms with Gasteiger partial charge in [0.25, 0.3) is 0 Å². The second kappa shape index (κ2) is 10.5. The summed E-state index contributed by atoms with van der Waals surface area (Å²) in [5.41, 5.74) is 11.3. The topological polar surface area (TPSA) is 61.8 Å². The molecule has 176 valence electrons. The number of nitrogens with zero attached hydrogens (tertiary/aromatic N) is 1. The predicted molar refractivity (Wildman–Crippen MR) is 154 cm³/mol. The third kappa shape index (κ3) is 4.62. The Morgan fingerprint density at radius 1 is 1.08 bits per heavy atom. The molecule has 1 atom stereocenters. The summed E-state index contributed by atoms with van der Waals surface area (Å²) in [6.07, 6.45) is 14.2. The van der Waals surface area contributed by atoms with Crippen molar-refractivity contribution in [3.63, 3.8) is 0 Å². The van der Waals surface area contributed by atoms with Crippen LogP contribution in [0.2, 0.25) is 0 Å². The van der Waals surface area contributed by atoms with Crippen molar-refractivity contribution in [3.8, 4) is 6.07 Å². The standard InChI is InChI=1S/C32H27N3S/c1-22-31(36-30-17-16-24-11-5-6-13-26(24)32(22)30)21-27(23-9-3-2-4-10-23)29-15-7-14-28(35-29)25(18-20-34)12-8-19-33/h2-7,9-18,20-21,28,35H,8,34H2,1H3/b20-18-,25-12+,27-21+. The molecule has 3 aromatic carbocycles. The highest BCUT2D eigenvalue weighted by Crippen LogP contribution is 2.39. The average Bonchev–Trinajstić information content (AvgIpc) is 3.25. The number of fused-ring (bicyclic) bond motifs is 3. The predicted octanol–water partition coefficient (Wildman–Crippen LogP) is 7.63. The fraction of sp³-hybridized carbons (Fsp3) is 0.0938. The molecule has 1 aromatic heterocycles. The van der Waals surface area contributed by atoms with Gasteiger partial charge in [0.05, 0.1) is 18.5 Å². The lowest BCUT2D eigenvalue weighted by atomic mass is 9.95. The molecule has 0 spiro atoms. The van der Waals surface area contributed by atoms with Crippen molar-refractivity contribution in [3.05, 3.63) is 131 Å². The van der Waals surface area contributed by atoms with Gasteiger partial charge in [0.1, 0.15) is 0 Å². The molecule has 5 rings (SSSR count). The summed E-state index contributed by atoms with van der Waals surface area (Å²) in [6.45, 7) is 2.22. The first-order valence-electron chi connectivity index (χ1n) is 12.0. The SMILES string of the molecule is Cc1c(/C=C(/C2=CC=CC(C(/C=C\N)=C/CC#N)N2)c2ccccc2)sc2ccc3ccccc3c12. The summed E-state index contributed by atoms with van der Waals surface area (Å²) in [7, 11) is 0. The summed E-state index contributed by atoms with van der Waals surface area (Å²) in [5.74, 6) is 0. The van der Waals surface area contributed by atoms with Crippen molar-refractivity contribution < 1.29 is 0 Å². The van der Waals surface area contributed by atoms with Crippen molar-refractivity contribution >= 4 is 43.8 Å². The molecule has 0 amide bonds. The lowest BCUT2D eigenvalue weighted by Gasteiger charge is -2.25. The molecule has 0 saturated heterocycles. The third-order valence-corrected chi connectivity index (χ3v) is 7.66. The minimum Gasteiger partial charge on any atom is -0.405 e. The number of rotatable bonds is 6. The molecular weight excluding hydrogens is 458 g/mol. The lowest BCUT2D eigenvalue weighted by Crippen LogP contribution is -2.30. The molecule has 0 radical (unpaired) electrons. The van der Waals surface area contributed by atoms with Gasteiger partial charge in [-0.25, -0.2) is 0 Å². The van der Waals surface area contributed by atoms with Gasteiger partial charge >= 0.3 is 0 Å². The highest BCUT2D eigenvalue weighted by atomic mass is 32.1. The van der Waals surface area contributed by atoms with E-state index >= 15 is 0 Å². The number of nitrogens with two attached hydrogens (primary N) is 1. The van der Waals surface area contributed by atoms with Crippen LogP contribution in [0, 0.1) is 18.3 Å². The number of benzene rings is 3. The highest BCUT2D eigenvalue weighted by Gasteiger charge is 2.18. The smallest absolute Gasteiger partial charge is 0.0699 e. The van der Waals surface area contributed by atoms with Gasteiger partial charge in [-0.3, -0.25) is 0 Å². The Morgan fingerprint density at radius 2 is 1.89 bits per heavy atom. The van der Waals surface area contributed by atoms with Crippen molar-refractivity contribution in [2.75, 3.05) is 0 Å². The van der Waals surface area contributed by atoms with E-state index in [9.17, 15) is 0 Å². The Morgan fingerprint density at radius 3 is 2.69 bits per heavy atom. The van der Waals surface area contributed by atoms with Gasteiger partial charge in [-0.05, 0) is 64.9 Å². The van der Waals surface area contributed by atoms with E-state index in [1.165, 1.54) is 37.5 Å². The van der Waals surface area contributed by atoms with Crippen molar-refractivity contribution in [2.45, 2.75) is 19.4 Å². The van der Waals surface area contributed by atoms with Gasteiger partial charge in [0.15, 0.2) is 0 Å². The van der Waals surface area contributed by atoms with E-state index in [1.54, 1.807) is 0 Å². The molecule has 0 bridgehead atoms. The van der Waals surface area contributed by atoms with Crippen LogP contribution in [0.1, 0.15) is 22.4 Å². The summed E-state index contributed by atoms with van der Waals surface area (Å²) in [6, 6.07) is 25.6. The zero-order valence-corrected chi connectivity index (χ0v) is 20.9. The Labute approximate surface area is 215 Å². The fourth-order valence-electron chi connectivity index (χ4n) is 4.71. The van der Waals surface area contributed by atoms with Crippen LogP contribution in [-0.2, 0) is 0 Å². The van der Waals surface area contributed by atoms with Crippen LogP contribution in [0.25, 0.3) is 32.5 Å². The molecule has 4 heteroatoms. The average molecular weight is 486 g/mol. The van der Waals surface area contributed by atoms with Gasteiger partial charge < -0.3 is 11.1 Å². The van der Waals surface area contributed by atoms with Crippen LogP contribution >= 0.6 is 11.3 Å². The molecule has 1 unspecified atom stereocenters. The molecule has 4 aromatic rings. The summed E-state index contributed by atoms with van der Waals surface area (Å²) in [5, 5.41) is 16.6. The number of hydrogen-bond acceptors (Lipinski definition) is 4. The first kappa shape index (κ1) is 23.4. The molecule has 0 aliphatic carbocycles. The number of thiophene rings is 1. The Kier molecular flexibility index (Phi) is 6.84. The van der Waals surface area contributed by atoms with Gasteiger partial charge in [-0.15, -0.1) is 11.3 Å². The zero-order valence-electron chi connectivity index (χ0n) is 20.1. The van der Waals surface area contributed by atoms with Crippen LogP contribution in [0.15, 0.2) is 115 Å². The largest absolute Gasteiger partial charge is 0.405 e. The molecule has 1 aliphatic rings. The number of hydrogen-bond donors (Lipinski definition) is 2. The van der Waals surface area contributed by atoms with Crippen LogP contribution in [-0.4, -0.2) is 6.04 Å². The van der Waals surface area contributed by atoms with E-state index in [2.05, 4.69) is 103 Å². The van der Waals surface area contributed by atoms with E-state index in [0.29, 0.717) is 6.42 Å². The number of dihydropyridines is 1. The minimum absolute atomic E-state index is 0.0716. The van der Waals surface area contributed by atoms with Crippen LogP contribution in [0.4, 0.5) is 0 Å². The van der Waals surface area contributed by atoms with Gasteiger partial charge in [0.2, 0.25) is 0 Å². The first-order chi connectivity index (χ1) is 17.7. The molecular formula is C32H27N3S. The van der Waals surface area contributed by atoms with Crippen LogP contribution in [0.5, 0.6) is 0 Å². The maximum absolute atomic E-state index is 9.08. The van der Waals surface area contributed by atoms with Crippen molar-refractivity contribution in [2.24, 2.45) is 5.73 Å². The minimum atomic E-state index is -0.0716. The van der Waals surface area contributed by atoms with Crippen LogP contribution in [0.3, 0.4) is 0 Å². The molecule has 1 aliphatic heterocycles. The maximum atomic E-state index is 9.08. The maximum Gasteiger partial charge on any atom is 0.0699 e. The number of aryl methyl sites for hydroxylation is 1. The Balaban J connectivity index is 1.62. The quantitative estimate of drug-likeness (QED) is 0.276. The molecule has 2 heterocycles. The summed E-state index contributed by atoms with van der Waals surface area (Å²) in [4.78, 5) is 1.25. The molecule has 0 fully saturated rings. The number of nitriles is 1. The number of nitrogens with one attached hydrogen (secondary N) is 1. The van der Waals surface area contributed by atoms with Gasteiger partial charge in [-0.2, -0.15) is 5.26 Å². The summed E-state index contributed by atoms with van der Waals surface area (Å²) < 4.78 is 1.29. The van der Waals surface area contributed by atoms with E-state index in [4.69, 9.17) is 11.0 Å². The number of allylic oxidation sites excluding steroid dienone is 4. The monoisotopic (exact) mass is 485 g/mol. The van der Waals surface area contributed by atoms with E-state index < -0.39 is 0 Å². The Bertz CT molecular complexity index is 1610. The zero-order chi connectivity index (χ0) is 24.9. The highest BCUT2D eigenvalue weighted by molar-refractivity contribution is 7.20. The van der Waals surface area contributed by atoms with Gasteiger partial charge in [-0.1, -0.05) is 78.9 Å². The lowest BCUT2D eigenvalue weighted by molar-refractivity contribution is 0.772. The fourth-order valence-corrected chi connectivity index (χ4v) is 5.88. The Hall–Kier alpha value is -4.33. The van der Waals surface area contributed by atoms with Gasteiger partial charge in [0, 0.05) is 26.2 Å². The van der Waals surface area contributed by atoms with E-state index in [1.807, 2.05) is 29.6 Å². The van der Waals surface area contributed by atoms with Crippen molar-refractivity contribution in [1.29, 1.82) is 5.26 Å². The second-order valence-electron chi connectivity index (χ2n) is 8.69. The van der Waals surface area contributed by atoms with E-state index in [0.717, 1.165) is 22.4 Å². The molecule has 3 N–H and O–H groups in total. The molecule has 0 saturated carbocycles. The molecule has 3 nitrogen and oxygen atoms in total. The third-order valence-electron chi connectivity index (χ3n) is 6.46.